The third-order valence-electron chi connectivity index (χ3n) is 5.06. The molecule has 0 bridgehead atoms. The van der Waals surface area contributed by atoms with Gasteiger partial charge in [-0.1, -0.05) is 81.4 Å². The van der Waals surface area contributed by atoms with E-state index in [2.05, 4.69) is 29.2 Å². The molecule has 3 atom stereocenters. The number of aliphatic hydroxyl groups excluding tert-OH is 1. The van der Waals surface area contributed by atoms with Crippen LogP contribution in [-0.2, 0) is 17.9 Å². The van der Waals surface area contributed by atoms with E-state index < -0.39 is 6.10 Å². The van der Waals surface area contributed by atoms with Crippen LogP contribution in [0.4, 0.5) is 0 Å². The maximum absolute atomic E-state index is 13.0. The molecule has 0 aromatic heterocycles. The number of rotatable bonds is 9. The van der Waals surface area contributed by atoms with E-state index in [9.17, 15) is 9.90 Å². The van der Waals surface area contributed by atoms with Crippen molar-refractivity contribution in [2.45, 2.75) is 52.9 Å². The third-order valence-corrected chi connectivity index (χ3v) is 5.06. The summed E-state index contributed by atoms with van der Waals surface area (Å²) in [5.74, 6) is -0.213. The number of carbonyl (C=O) groups is 1. The molecular weight excluding hydrogens is 322 g/mol. The van der Waals surface area contributed by atoms with Crippen LogP contribution in [0.5, 0.6) is 0 Å². The van der Waals surface area contributed by atoms with Gasteiger partial charge in [0.05, 0.1) is 12.1 Å². The number of Topliss-reactive ketones (excluding diaryl/α,β-unsaturated/α-hetero) is 1. The van der Waals surface area contributed by atoms with E-state index in [-0.39, 0.29) is 23.7 Å². The molecule has 0 aliphatic heterocycles. The third kappa shape index (κ3) is 5.52. The second kappa shape index (κ2) is 9.65. The van der Waals surface area contributed by atoms with E-state index in [1.807, 2.05) is 64.1 Å². The molecule has 0 unspecified atom stereocenters. The molecule has 3 heteroatoms. The lowest BCUT2D eigenvalue weighted by atomic mass is 9.88. The molecule has 1 N–H and O–H groups in total. The Morgan fingerprint density at radius 2 is 1.27 bits per heavy atom. The quantitative estimate of drug-likeness (QED) is 0.731. The van der Waals surface area contributed by atoms with Crippen LogP contribution in [0, 0.1) is 11.8 Å². The van der Waals surface area contributed by atoms with Gasteiger partial charge >= 0.3 is 0 Å². The van der Waals surface area contributed by atoms with Crippen molar-refractivity contribution in [1.82, 2.24) is 4.90 Å². The van der Waals surface area contributed by atoms with Gasteiger partial charge in [-0.05, 0) is 24.0 Å². The molecule has 2 rings (SSSR count). The standard InChI is InChI=1S/C23H31NO2/c1-17(2)22(25)18(3)23(26)19(4)24(15-20-11-7-5-8-12-20)16-21-13-9-6-10-14-21/h5-14,17-19,22,25H,15-16H2,1-4H3/t18-,19+,22+/m1/s1. The van der Waals surface area contributed by atoms with Gasteiger partial charge in [-0.25, -0.2) is 0 Å². The number of carbonyl (C=O) groups excluding carboxylic acids is 1. The minimum atomic E-state index is -0.611. The molecule has 140 valence electrons. The van der Waals surface area contributed by atoms with Gasteiger partial charge in [0, 0.05) is 19.0 Å². The van der Waals surface area contributed by atoms with Crippen molar-refractivity contribution in [2.24, 2.45) is 11.8 Å². The molecule has 26 heavy (non-hydrogen) atoms. The summed E-state index contributed by atoms with van der Waals surface area (Å²) in [6.45, 7) is 9.10. The highest BCUT2D eigenvalue weighted by molar-refractivity contribution is 5.86. The summed E-state index contributed by atoms with van der Waals surface area (Å²) in [6.07, 6.45) is -0.611. The monoisotopic (exact) mass is 353 g/mol. The Bertz CT molecular complexity index is 628. The Hall–Kier alpha value is -1.97. The van der Waals surface area contributed by atoms with Crippen LogP contribution in [0.15, 0.2) is 60.7 Å². The van der Waals surface area contributed by atoms with Gasteiger partial charge in [-0.3, -0.25) is 9.69 Å². The van der Waals surface area contributed by atoms with E-state index in [0.717, 1.165) is 0 Å². The van der Waals surface area contributed by atoms with Gasteiger partial charge in [-0.2, -0.15) is 0 Å². The van der Waals surface area contributed by atoms with E-state index >= 15 is 0 Å². The van der Waals surface area contributed by atoms with Crippen molar-refractivity contribution in [3.63, 3.8) is 0 Å². The molecule has 2 aromatic carbocycles. The lowest BCUT2D eigenvalue weighted by molar-refractivity contribution is -0.132. The van der Waals surface area contributed by atoms with Gasteiger partial charge < -0.3 is 5.11 Å². The summed E-state index contributed by atoms with van der Waals surface area (Å²) >= 11 is 0. The summed E-state index contributed by atoms with van der Waals surface area (Å²) in [4.78, 5) is 15.2. The SMILES string of the molecule is CC(C)[C@H](O)[C@@H](C)C(=O)[C@H](C)N(Cc1ccccc1)Cc1ccccc1. The van der Waals surface area contributed by atoms with E-state index in [1.165, 1.54) is 11.1 Å². The second-order valence-corrected chi connectivity index (χ2v) is 7.48. The minimum Gasteiger partial charge on any atom is -0.392 e. The molecule has 0 fully saturated rings. The maximum atomic E-state index is 13.0. The molecule has 0 radical (unpaired) electrons. The first-order chi connectivity index (χ1) is 12.4. The molecule has 0 heterocycles. The predicted octanol–water partition coefficient (Wildman–Crippen LogP) is 4.30. The van der Waals surface area contributed by atoms with Gasteiger partial charge in [0.1, 0.15) is 0 Å². The largest absolute Gasteiger partial charge is 0.392 e. The Balaban J connectivity index is 2.19. The summed E-state index contributed by atoms with van der Waals surface area (Å²) in [5, 5.41) is 10.3. The Morgan fingerprint density at radius 3 is 1.65 bits per heavy atom. The predicted molar refractivity (Wildman–Crippen MR) is 107 cm³/mol. The minimum absolute atomic E-state index is 0.0675. The zero-order valence-electron chi connectivity index (χ0n) is 16.3. The van der Waals surface area contributed by atoms with Gasteiger partial charge in [0.15, 0.2) is 5.78 Å². The first-order valence-corrected chi connectivity index (χ1v) is 9.43. The number of benzene rings is 2. The molecule has 2 aromatic rings. The van der Waals surface area contributed by atoms with Crippen LogP contribution in [0.3, 0.4) is 0 Å². The first-order valence-electron chi connectivity index (χ1n) is 9.43. The molecule has 0 saturated heterocycles. The zero-order chi connectivity index (χ0) is 19.1. The summed E-state index contributed by atoms with van der Waals surface area (Å²) in [7, 11) is 0. The Morgan fingerprint density at radius 1 is 0.846 bits per heavy atom. The smallest absolute Gasteiger partial charge is 0.155 e. The van der Waals surface area contributed by atoms with Crippen molar-refractivity contribution in [1.29, 1.82) is 0 Å². The van der Waals surface area contributed by atoms with Crippen molar-refractivity contribution >= 4 is 5.78 Å². The van der Waals surface area contributed by atoms with Crippen molar-refractivity contribution in [3.05, 3.63) is 71.8 Å². The van der Waals surface area contributed by atoms with Crippen molar-refractivity contribution in [2.75, 3.05) is 0 Å². The van der Waals surface area contributed by atoms with E-state index in [1.54, 1.807) is 0 Å². The van der Waals surface area contributed by atoms with Crippen molar-refractivity contribution < 1.29 is 9.90 Å². The number of ketones is 1. The topological polar surface area (TPSA) is 40.5 Å². The molecule has 0 aliphatic rings. The Kier molecular flexibility index (Phi) is 7.55. The molecular formula is C23H31NO2. The normalized spacial score (nSPS) is 15.0. The van der Waals surface area contributed by atoms with E-state index in [0.29, 0.717) is 13.1 Å². The number of hydrogen-bond donors (Lipinski definition) is 1. The van der Waals surface area contributed by atoms with Gasteiger partial charge in [0.2, 0.25) is 0 Å². The summed E-state index contributed by atoms with van der Waals surface area (Å²) in [6, 6.07) is 20.2. The average molecular weight is 354 g/mol. The van der Waals surface area contributed by atoms with Gasteiger partial charge in [-0.15, -0.1) is 0 Å². The number of hydrogen-bond acceptors (Lipinski definition) is 3. The average Bonchev–Trinajstić information content (AvgIpc) is 2.66. The fourth-order valence-electron chi connectivity index (χ4n) is 3.27. The first kappa shape index (κ1) is 20.3. The molecule has 0 aliphatic carbocycles. The van der Waals surface area contributed by atoms with Crippen LogP contribution in [0.25, 0.3) is 0 Å². The number of nitrogens with zero attached hydrogens (tertiary/aromatic N) is 1. The molecule has 0 spiro atoms. The van der Waals surface area contributed by atoms with Crippen LogP contribution in [-0.4, -0.2) is 27.9 Å². The highest BCUT2D eigenvalue weighted by Gasteiger charge is 2.31. The maximum Gasteiger partial charge on any atom is 0.155 e. The zero-order valence-corrected chi connectivity index (χ0v) is 16.3. The molecule has 0 amide bonds. The van der Waals surface area contributed by atoms with Crippen LogP contribution < -0.4 is 0 Å². The fourth-order valence-corrected chi connectivity index (χ4v) is 3.27. The highest BCUT2D eigenvalue weighted by Crippen LogP contribution is 2.20. The second-order valence-electron chi connectivity index (χ2n) is 7.48. The fraction of sp³-hybridized carbons (Fsp3) is 0.435. The lowest BCUT2D eigenvalue weighted by Gasteiger charge is -2.32. The van der Waals surface area contributed by atoms with Crippen molar-refractivity contribution in [3.8, 4) is 0 Å². The molecule has 0 saturated carbocycles. The Labute approximate surface area is 157 Å². The van der Waals surface area contributed by atoms with Crippen LogP contribution in [0.1, 0.15) is 38.8 Å². The lowest BCUT2D eigenvalue weighted by Crippen LogP contribution is -2.44. The van der Waals surface area contributed by atoms with Crippen LogP contribution >= 0.6 is 0 Å². The highest BCUT2D eigenvalue weighted by atomic mass is 16.3. The number of aliphatic hydroxyl groups is 1. The van der Waals surface area contributed by atoms with Gasteiger partial charge in [0.25, 0.3) is 0 Å². The summed E-state index contributed by atoms with van der Waals surface area (Å²) < 4.78 is 0. The molecule has 3 nitrogen and oxygen atoms in total. The van der Waals surface area contributed by atoms with E-state index in [4.69, 9.17) is 0 Å². The summed E-state index contributed by atoms with van der Waals surface area (Å²) in [5.41, 5.74) is 2.36. The van der Waals surface area contributed by atoms with Crippen LogP contribution in [0.2, 0.25) is 0 Å².